The molecular weight excluding hydrogens is 410 g/mol. The number of fused-ring (bicyclic) bond motifs is 2. The molecule has 0 bridgehead atoms. The summed E-state index contributed by atoms with van der Waals surface area (Å²) >= 11 is 0. The number of hydrogen-bond acceptors (Lipinski definition) is 11. The third-order valence-corrected chi connectivity index (χ3v) is 5.32. The summed E-state index contributed by atoms with van der Waals surface area (Å²) in [5, 5.41) is 45.1. The third-order valence-electron chi connectivity index (χ3n) is 4.62. The summed E-state index contributed by atoms with van der Waals surface area (Å²) in [5.74, 6) is 0.0948. The highest BCUT2D eigenvalue weighted by atomic mass is 32.2. The Labute approximate surface area is 163 Å². The maximum Gasteiger partial charge on any atom is 0.351 e. The van der Waals surface area contributed by atoms with Crippen LogP contribution in [0.25, 0.3) is 6.20 Å². The number of hydrogen-bond donors (Lipinski definition) is 7. The molecule has 1 aromatic heterocycles. The lowest BCUT2D eigenvalue weighted by atomic mass is 10.1. The van der Waals surface area contributed by atoms with Crippen molar-refractivity contribution in [3.8, 4) is 0 Å². The van der Waals surface area contributed by atoms with Gasteiger partial charge >= 0.3 is 21.1 Å². The second-order valence-electron chi connectivity index (χ2n) is 6.45. The van der Waals surface area contributed by atoms with E-state index in [2.05, 4.69) is 15.6 Å². The van der Waals surface area contributed by atoms with E-state index in [4.69, 9.17) is 4.74 Å². The highest BCUT2D eigenvalue weighted by molar-refractivity contribution is 8.01. The molecule has 0 unspecified atom stereocenters. The maximum atomic E-state index is 11.4. The molecule has 0 aromatic carbocycles. The average Bonchev–Trinajstić information content (AvgIpc) is 2.95. The fourth-order valence-electron chi connectivity index (χ4n) is 3.19. The van der Waals surface area contributed by atoms with Crippen molar-refractivity contribution in [3.63, 3.8) is 0 Å². The smallest absolute Gasteiger partial charge is 0.351 e. The van der Waals surface area contributed by atoms with Gasteiger partial charge in [-0.05, 0) is 12.1 Å². The molecule has 14 heteroatoms. The van der Waals surface area contributed by atoms with Crippen LogP contribution in [0, 0.1) is 5.84 Å². The Bertz CT molecular complexity index is 1130. The monoisotopic (exact) mass is 428 g/mol. The number of aliphatic hydroxyl groups is 3. The predicted octanol–water partition coefficient (Wildman–Crippen LogP) is -3.71. The second kappa shape index (κ2) is 7.03. The Kier molecular flexibility index (Phi) is 4.78. The van der Waals surface area contributed by atoms with Gasteiger partial charge in [0.2, 0.25) is 0 Å². The minimum atomic E-state index is -4.62. The lowest BCUT2D eigenvalue weighted by Crippen LogP contribution is -2.54. The lowest BCUT2D eigenvalue weighted by Gasteiger charge is -2.22. The minimum Gasteiger partial charge on any atom is -0.394 e. The van der Waals surface area contributed by atoms with E-state index in [0.717, 1.165) is 6.20 Å². The molecule has 29 heavy (non-hydrogen) atoms. The summed E-state index contributed by atoms with van der Waals surface area (Å²) in [6.07, 6.45) is -0.708. The van der Waals surface area contributed by atoms with Crippen molar-refractivity contribution in [3.05, 3.63) is 41.4 Å². The molecule has 1 aromatic rings. The van der Waals surface area contributed by atoms with Gasteiger partial charge in [0.15, 0.2) is 17.3 Å². The fourth-order valence-corrected chi connectivity index (χ4v) is 3.60. The van der Waals surface area contributed by atoms with Crippen LogP contribution in [0.2, 0.25) is 0 Å². The first kappa shape index (κ1) is 19.7. The van der Waals surface area contributed by atoms with Crippen LogP contribution >= 0.6 is 0 Å². The van der Waals surface area contributed by atoms with Gasteiger partial charge in [0.05, 0.1) is 30.9 Å². The zero-order chi connectivity index (χ0) is 20.9. The Balaban J connectivity index is 1.77. The van der Waals surface area contributed by atoms with E-state index >= 15 is 0 Å². The van der Waals surface area contributed by atoms with Crippen LogP contribution in [0.1, 0.15) is 0 Å². The maximum absolute atomic E-state index is 11.4. The van der Waals surface area contributed by atoms with Gasteiger partial charge in [-0.15, -0.1) is 0 Å². The largest absolute Gasteiger partial charge is 0.394 e. The quantitative estimate of drug-likeness (QED) is 0.185. The SMILES string of the molecule is O=S(=O)(O)C1=NC=C2C(=[n+]3cccc(N[C@@H]4O[C@H](CO)[C@@H](O)[C@H]4O)c3=CN2O)N1. The van der Waals surface area contributed by atoms with Crippen LogP contribution < -0.4 is 20.2 Å². The molecule has 0 radical (unpaired) electrons. The second-order valence-corrected chi connectivity index (χ2v) is 7.79. The van der Waals surface area contributed by atoms with Crippen molar-refractivity contribution >= 4 is 27.2 Å². The summed E-state index contributed by atoms with van der Waals surface area (Å²) in [6, 6.07) is 3.19. The summed E-state index contributed by atoms with van der Waals surface area (Å²) in [6.45, 7) is -0.484. The number of amidine groups is 1. The van der Waals surface area contributed by atoms with Crippen molar-refractivity contribution in [2.45, 2.75) is 24.5 Å². The molecule has 1 fully saturated rings. The molecule has 3 aliphatic rings. The Morgan fingerprint density at radius 1 is 1.34 bits per heavy atom. The number of aliphatic hydroxyl groups excluding tert-OH is 3. The molecule has 1 saturated heterocycles. The number of ether oxygens (including phenoxy) is 1. The molecular formula is C15H18N5O8S+. The normalized spacial score (nSPS) is 28.6. The van der Waals surface area contributed by atoms with Crippen LogP contribution in [0.5, 0.6) is 0 Å². The minimum absolute atomic E-state index is 0.0948. The van der Waals surface area contributed by atoms with E-state index < -0.39 is 46.4 Å². The average molecular weight is 428 g/mol. The van der Waals surface area contributed by atoms with Gasteiger partial charge in [-0.1, -0.05) is 0 Å². The Morgan fingerprint density at radius 3 is 2.76 bits per heavy atom. The van der Waals surface area contributed by atoms with Gasteiger partial charge < -0.3 is 25.4 Å². The van der Waals surface area contributed by atoms with E-state index in [1.807, 2.05) is 0 Å². The summed E-state index contributed by atoms with van der Waals surface area (Å²) in [4.78, 5) is 3.58. The number of aromatic nitrogens is 1. The number of aliphatic imine (C=N–C) groups is 1. The first-order chi connectivity index (χ1) is 13.7. The number of rotatable bonds is 3. The van der Waals surface area contributed by atoms with Crippen molar-refractivity contribution in [2.24, 2.45) is 4.99 Å². The first-order valence-electron chi connectivity index (χ1n) is 8.37. The van der Waals surface area contributed by atoms with E-state index in [1.165, 1.54) is 10.4 Å². The van der Waals surface area contributed by atoms with Gasteiger partial charge in [-0.2, -0.15) is 12.7 Å². The third kappa shape index (κ3) is 3.36. The molecule has 0 aliphatic carbocycles. The summed E-state index contributed by atoms with van der Waals surface area (Å²) in [5.41, 5.74) is 0.464. The van der Waals surface area contributed by atoms with Gasteiger partial charge in [0, 0.05) is 0 Å². The van der Waals surface area contributed by atoms with Crippen LogP contribution in [0.4, 0.5) is 5.69 Å². The van der Waals surface area contributed by atoms with Gasteiger partial charge in [-0.25, -0.2) is 15.4 Å². The van der Waals surface area contributed by atoms with E-state index in [-0.39, 0.29) is 11.5 Å². The molecule has 7 N–H and O–H groups in total. The molecule has 156 valence electrons. The zero-order valence-electron chi connectivity index (χ0n) is 14.6. The summed E-state index contributed by atoms with van der Waals surface area (Å²) in [7, 11) is -4.62. The molecule has 0 saturated carbocycles. The van der Waals surface area contributed by atoms with Crippen LogP contribution in [0.15, 0.2) is 35.2 Å². The van der Waals surface area contributed by atoms with Gasteiger partial charge in [-0.3, -0.25) is 9.76 Å². The lowest BCUT2D eigenvalue weighted by molar-refractivity contribution is -0.542. The van der Waals surface area contributed by atoms with Crippen molar-refractivity contribution in [2.75, 3.05) is 11.9 Å². The van der Waals surface area contributed by atoms with Crippen LogP contribution in [-0.2, 0) is 14.9 Å². The van der Waals surface area contributed by atoms with Crippen LogP contribution in [0.3, 0.4) is 0 Å². The number of pyridine rings is 1. The van der Waals surface area contributed by atoms with E-state index in [0.29, 0.717) is 16.1 Å². The molecule has 4 heterocycles. The number of nitrogens with one attached hydrogen (secondary N) is 2. The van der Waals surface area contributed by atoms with Crippen LogP contribution in [-0.4, -0.2) is 74.9 Å². The fraction of sp³-hybridized carbons (Fsp3) is 0.333. The molecule has 4 atom stereocenters. The summed E-state index contributed by atoms with van der Waals surface area (Å²) < 4.78 is 38.9. The van der Waals surface area contributed by atoms with Crippen molar-refractivity contribution in [1.29, 1.82) is 0 Å². The topological polar surface area (TPSA) is 190 Å². The highest BCUT2D eigenvalue weighted by Crippen LogP contribution is 2.22. The number of anilines is 1. The Hall–Kier alpha value is -2.59. The zero-order valence-corrected chi connectivity index (χ0v) is 15.4. The Morgan fingerprint density at radius 2 is 2.10 bits per heavy atom. The molecule has 3 aliphatic heterocycles. The molecule has 0 spiro atoms. The van der Waals surface area contributed by atoms with E-state index in [1.54, 1.807) is 18.3 Å². The van der Waals surface area contributed by atoms with E-state index in [9.17, 15) is 33.5 Å². The van der Waals surface area contributed by atoms with Gasteiger partial charge in [0.25, 0.3) is 0 Å². The van der Waals surface area contributed by atoms with Gasteiger partial charge in [0.1, 0.15) is 18.3 Å². The standard InChI is InChI=1S/C15H17N5O8S/c21-6-10-11(22)12(23)14(28-10)17-7-2-1-3-19-9(7)5-20(24)8-4-16-15(18-13(8)19)29(25,26)27/h1-5,10-12,14,17,21-24H,6H2,(H,25,26,27)/p+1/t10-,11-,12-,14-/m1/s1. The molecule has 13 nitrogen and oxygen atoms in total. The first-order valence-corrected chi connectivity index (χ1v) is 9.81. The molecule has 4 rings (SSSR count). The van der Waals surface area contributed by atoms with Crippen molar-refractivity contribution in [1.82, 2.24) is 10.4 Å². The van der Waals surface area contributed by atoms with Crippen molar-refractivity contribution < 1.29 is 42.5 Å². The predicted molar refractivity (Wildman–Crippen MR) is 94.6 cm³/mol. The molecule has 0 amide bonds. The number of nitrogens with zero attached hydrogens (tertiary/aromatic N) is 3. The number of hydroxylamine groups is 2. The highest BCUT2D eigenvalue weighted by Gasteiger charge is 2.43.